The predicted molar refractivity (Wildman–Crippen MR) is 74.4 cm³/mol. The monoisotopic (exact) mass is 231 g/mol. The normalized spacial score (nSPS) is 20.5. The largest absolute Gasteiger partial charge is 0.316 e. The maximum absolute atomic E-state index is 3.50. The van der Waals surface area contributed by atoms with Crippen molar-refractivity contribution in [3.8, 4) is 0 Å². The van der Waals surface area contributed by atoms with Gasteiger partial charge in [0.25, 0.3) is 0 Å². The van der Waals surface area contributed by atoms with Crippen LogP contribution in [0.1, 0.15) is 42.4 Å². The lowest BCUT2D eigenvalue weighted by atomic mass is 9.92. The Morgan fingerprint density at radius 2 is 1.94 bits per heavy atom. The molecule has 17 heavy (non-hydrogen) atoms. The number of hydrogen-bond donors (Lipinski definition) is 1. The SMILES string of the molecule is Cc1cc(C)cc(CCCC2CCCNC2)c1. The summed E-state index contributed by atoms with van der Waals surface area (Å²) >= 11 is 0. The molecule has 1 atom stereocenters. The third kappa shape index (κ3) is 4.16. The van der Waals surface area contributed by atoms with Crippen molar-refractivity contribution in [3.05, 3.63) is 34.9 Å². The summed E-state index contributed by atoms with van der Waals surface area (Å²) in [6.45, 7) is 6.86. The van der Waals surface area contributed by atoms with E-state index in [1.54, 1.807) is 0 Å². The second-order valence-electron chi connectivity index (χ2n) is 5.60. The molecule has 0 amide bonds. The molecular formula is C16H25N. The number of benzene rings is 1. The predicted octanol–water partition coefficient (Wildman–Crippen LogP) is 3.63. The van der Waals surface area contributed by atoms with E-state index in [0.29, 0.717) is 0 Å². The lowest BCUT2D eigenvalue weighted by Crippen LogP contribution is -2.29. The van der Waals surface area contributed by atoms with Crippen LogP contribution in [0, 0.1) is 19.8 Å². The van der Waals surface area contributed by atoms with Gasteiger partial charge in [-0.2, -0.15) is 0 Å². The van der Waals surface area contributed by atoms with Crippen LogP contribution < -0.4 is 5.32 Å². The molecule has 2 rings (SSSR count). The summed E-state index contributed by atoms with van der Waals surface area (Å²) in [5.74, 6) is 0.926. The average molecular weight is 231 g/mol. The van der Waals surface area contributed by atoms with E-state index in [2.05, 4.69) is 37.4 Å². The average Bonchev–Trinajstić information content (AvgIpc) is 2.29. The summed E-state index contributed by atoms with van der Waals surface area (Å²) in [4.78, 5) is 0. The first kappa shape index (κ1) is 12.6. The van der Waals surface area contributed by atoms with Gasteiger partial charge >= 0.3 is 0 Å². The minimum absolute atomic E-state index is 0.926. The van der Waals surface area contributed by atoms with Gasteiger partial charge in [-0.1, -0.05) is 29.3 Å². The van der Waals surface area contributed by atoms with Crippen molar-refractivity contribution >= 4 is 0 Å². The highest BCUT2D eigenvalue weighted by Crippen LogP contribution is 2.18. The molecule has 1 heteroatoms. The van der Waals surface area contributed by atoms with E-state index in [1.165, 1.54) is 61.9 Å². The van der Waals surface area contributed by atoms with Crippen LogP contribution in [0.15, 0.2) is 18.2 Å². The summed E-state index contributed by atoms with van der Waals surface area (Å²) in [5.41, 5.74) is 4.32. The molecule has 1 fully saturated rings. The molecule has 1 aliphatic rings. The minimum Gasteiger partial charge on any atom is -0.316 e. The van der Waals surface area contributed by atoms with E-state index < -0.39 is 0 Å². The molecule has 94 valence electrons. The molecule has 0 bridgehead atoms. The molecule has 0 aliphatic carbocycles. The Balaban J connectivity index is 1.77. The number of aryl methyl sites for hydroxylation is 3. The highest BCUT2D eigenvalue weighted by Gasteiger charge is 2.12. The number of nitrogens with one attached hydrogen (secondary N) is 1. The maximum Gasteiger partial charge on any atom is -0.00205 e. The van der Waals surface area contributed by atoms with Crippen molar-refractivity contribution in [3.63, 3.8) is 0 Å². The highest BCUT2D eigenvalue weighted by molar-refractivity contribution is 5.28. The van der Waals surface area contributed by atoms with Crippen molar-refractivity contribution < 1.29 is 0 Å². The van der Waals surface area contributed by atoms with Gasteiger partial charge in [0.1, 0.15) is 0 Å². The highest BCUT2D eigenvalue weighted by atomic mass is 14.9. The van der Waals surface area contributed by atoms with Crippen molar-refractivity contribution in [1.29, 1.82) is 0 Å². The van der Waals surface area contributed by atoms with Gasteiger partial charge in [-0.25, -0.2) is 0 Å². The molecular weight excluding hydrogens is 206 g/mol. The summed E-state index contributed by atoms with van der Waals surface area (Å²) in [6.07, 6.45) is 6.78. The maximum atomic E-state index is 3.50. The lowest BCUT2D eigenvalue weighted by molar-refractivity contribution is 0.351. The Labute approximate surface area is 106 Å². The van der Waals surface area contributed by atoms with Gasteiger partial charge in [0, 0.05) is 0 Å². The van der Waals surface area contributed by atoms with E-state index >= 15 is 0 Å². The van der Waals surface area contributed by atoms with Crippen LogP contribution in [0.3, 0.4) is 0 Å². The lowest BCUT2D eigenvalue weighted by Gasteiger charge is -2.22. The first-order valence-electron chi connectivity index (χ1n) is 7.02. The fourth-order valence-electron chi connectivity index (χ4n) is 2.98. The van der Waals surface area contributed by atoms with Crippen molar-refractivity contribution in [2.24, 2.45) is 5.92 Å². The number of hydrogen-bond acceptors (Lipinski definition) is 1. The van der Waals surface area contributed by atoms with Crippen molar-refractivity contribution in [2.45, 2.75) is 46.0 Å². The number of rotatable bonds is 4. The smallest absolute Gasteiger partial charge is 0.00205 e. The fraction of sp³-hybridized carbons (Fsp3) is 0.625. The zero-order valence-corrected chi connectivity index (χ0v) is 11.3. The van der Waals surface area contributed by atoms with E-state index in [9.17, 15) is 0 Å². The van der Waals surface area contributed by atoms with Crippen LogP contribution in [0.25, 0.3) is 0 Å². The quantitative estimate of drug-likeness (QED) is 0.834. The van der Waals surface area contributed by atoms with Crippen LogP contribution in [0.4, 0.5) is 0 Å². The third-order valence-electron chi connectivity index (χ3n) is 3.76. The van der Waals surface area contributed by atoms with Gasteiger partial charge < -0.3 is 5.32 Å². The van der Waals surface area contributed by atoms with Crippen LogP contribution in [0.2, 0.25) is 0 Å². The molecule has 0 aromatic heterocycles. The van der Waals surface area contributed by atoms with Crippen molar-refractivity contribution in [2.75, 3.05) is 13.1 Å². The first-order chi connectivity index (χ1) is 8.24. The standard InChI is InChI=1S/C16H25N/c1-13-9-14(2)11-16(10-13)6-3-5-15-7-4-8-17-12-15/h9-11,15,17H,3-8,12H2,1-2H3. The van der Waals surface area contributed by atoms with Gasteiger partial charge in [0.05, 0.1) is 0 Å². The second-order valence-corrected chi connectivity index (χ2v) is 5.60. The minimum atomic E-state index is 0.926. The zero-order chi connectivity index (χ0) is 12.1. The molecule has 0 spiro atoms. The van der Waals surface area contributed by atoms with E-state index in [-0.39, 0.29) is 0 Å². The molecule has 1 aromatic carbocycles. The number of piperidine rings is 1. The van der Waals surface area contributed by atoms with Crippen molar-refractivity contribution in [1.82, 2.24) is 5.32 Å². The molecule has 1 heterocycles. The molecule has 1 nitrogen and oxygen atoms in total. The molecule has 0 radical (unpaired) electrons. The van der Waals surface area contributed by atoms with E-state index in [0.717, 1.165) is 5.92 Å². The molecule has 1 unspecified atom stereocenters. The van der Waals surface area contributed by atoms with Crippen LogP contribution in [-0.2, 0) is 6.42 Å². The van der Waals surface area contributed by atoms with Gasteiger partial charge in [0.15, 0.2) is 0 Å². The summed E-state index contributed by atoms with van der Waals surface area (Å²) < 4.78 is 0. The summed E-state index contributed by atoms with van der Waals surface area (Å²) in [7, 11) is 0. The van der Waals surface area contributed by atoms with Gasteiger partial charge in [-0.05, 0) is 70.5 Å². The second kappa shape index (κ2) is 6.20. The Hall–Kier alpha value is -0.820. The molecule has 1 N–H and O–H groups in total. The summed E-state index contributed by atoms with van der Waals surface area (Å²) in [5, 5.41) is 3.50. The van der Waals surface area contributed by atoms with Crippen LogP contribution in [0.5, 0.6) is 0 Å². The van der Waals surface area contributed by atoms with E-state index in [1.807, 2.05) is 0 Å². The topological polar surface area (TPSA) is 12.0 Å². The third-order valence-corrected chi connectivity index (χ3v) is 3.76. The van der Waals surface area contributed by atoms with E-state index in [4.69, 9.17) is 0 Å². The Bertz CT molecular complexity index is 330. The Morgan fingerprint density at radius 3 is 2.59 bits per heavy atom. The molecule has 0 saturated carbocycles. The first-order valence-corrected chi connectivity index (χ1v) is 7.02. The van der Waals surface area contributed by atoms with Gasteiger partial charge in [0.2, 0.25) is 0 Å². The Kier molecular flexibility index (Phi) is 4.61. The fourth-order valence-corrected chi connectivity index (χ4v) is 2.98. The molecule has 1 saturated heterocycles. The Morgan fingerprint density at radius 1 is 1.18 bits per heavy atom. The van der Waals surface area contributed by atoms with Gasteiger partial charge in [-0.3, -0.25) is 0 Å². The zero-order valence-electron chi connectivity index (χ0n) is 11.3. The molecule has 1 aromatic rings. The van der Waals surface area contributed by atoms with Crippen LogP contribution in [-0.4, -0.2) is 13.1 Å². The van der Waals surface area contributed by atoms with Gasteiger partial charge in [-0.15, -0.1) is 0 Å². The summed E-state index contributed by atoms with van der Waals surface area (Å²) in [6, 6.07) is 6.94. The van der Waals surface area contributed by atoms with Crippen LogP contribution >= 0.6 is 0 Å². The molecule has 1 aliphatic heterocycles.